The van der Waals surface area contributed by atoms with Crippen LogP contribution in [0.15, 0.2) is 164 Å². The predicted octanol–water partition coefficient (Wildman–Crippen LogP) is 8.83. The van der Waals surface area contributed by atoms with Gasteiger partial charge in [-0.1, -0.05) is 152 Å². The van der Waals surface area contributed by atoms with Crippen LogP contribution in [0.25, 0.3) is 10.8 Å². The highest BCUT2D eigenvalue weighted by Crippen LogP contribution is 2.48. The van der Waals surface area contributed by atoms with Gasteiger partial charge in [0.05, 0.1) is 28.8 Å². The van der Waals surface area contributed by atoms with E-state index in [2.05, 4.69) is 127 Å². The molecule has 3 N–H and O–H groups in total. The van der Waals surface area contributed by atoms with E-state index in [1.807, 2.05) is 59.1 Å². The number of carboxylic acids is 1. The van der Waals surface area contributed by atoms with Gasteiger partial charge in [0.25, 0.3) is 0 Å². The fourth-order valence-corrected chi connectivity index (χ4v) is 8.31. The van der Waals surface area contributed by atoms with Crippen molar-refractivity contribution in [3.8, 4) is 0 Å². The third kappa shape index (κ3) is 10.3. The zero-order valence-corrected chi connectivity index (χ0v) is 30.7. The molecule has 0 amide bonds. The first-order valence-corrected chi connectivity index (χ1v) is 19.2. The molecule has 270 valence electrons. The number of aromatic nitrogens is 1. The van der Waals surface area contributed by atoms with Crippen molar-refractivity contribution in [1.82, 2.24) is 15.2 Å². The molecule has 0 unspecified atom stereocenters. The fraction of sp³-hybridized carbons (Fsp3) is 0.217. The molecule has 1 heterocycles. The number of benzene rings is 5. The lowest BCUT2D eigenvalue weighted by Gasteiger charge is -2.35. The Morgan fingerprint density at radius 1 is 0.736 bits per heavy atom. The highest BCUT2D eigenvalue weighted by Gasteiger charge is 2.36. The van der Waals surface area contributed by atoms with E-state index in [9.17, 15) is 15.0 Å². The molecule has 0 saturated heterocycles. The Morgan fingerprint density at radius 2 is 1.32 bits per heavy atom. The maximum absolute atomic E-state index is 11.8. The van der Waals surface area contributed by atoms with E-state index in [-0.39, 0.29) is 11.3 Å². The molecular formula is C46H47N3O3S. The largest absolute Gasteiger partial charge is 0.480 e. The van der Waals surface area contributed by atoms with E-state index >= 15 is 0 Å². The molecule has 1 atom stereocenters. The van der Waals surface area contributed by atoms with Gasteiger partial charge >= 0.3 is 5.97 Å². The number of allylic oxidation sites excluding steroid dienone is 1. The van der Waals surface area contributed by atoms with Crippen molar-refractivity contribution < 1.29 is 15.0 Å². The van der Waals surface area contributed by atoms with Crippen molar-refractivity contribution in [2.45, 2.75) is 43.3 Å². The number of aliphatic hydroxyl groups excluding tert-OH is 1. The Bertz CT molecular complexity index is 1960. The smallest absolute Gasteiger partial charge is 0.317 e. The molecule has 0 aliphatic heterocycles. The highest BCUT2D eigenvalue weighted by atomic mass is 32.2. The van der Waals surface area contributed by atoms with Gasteiger partial charge in [0.2, 0.25) is 0 Å². The fourth-order valence-electron chi connectivity index (χ4n) is 6.84. The number of carbonyl (C=O) groups is 1. The van der Waals surface area contributed by atoms with Crippen LogP contribution in [0.4, 0.5) is 0 Å². The van der Waals surface area contributed by atoms with E-state index in [0.717, 1.165) is 39.9 Å². The summed E-state index contributed by atoms with van der Waals surface area (Å²) in [7, 11) is 0. The second kappa shape index (κ2) is 19.1. The monoisotopic (exact) mass is 721 g/mol. The van der Waals surface area contributed by atoms with E-state index in [1.54, 1.807) is 0 Å². The van der Waals surface area contributed by atoms with Crippen LogP contribution >= 0.6 is 11.8 Å². The Kier molecular flexibility index (Phi) is 13.6. The van der Waals surface area contributed by atoms with Crippen molar-refractivity contribution in [1.29, 1.82) is 0 Å². The summed E-state index contributed by atoms with van der Waals surface area (Å²) in [5, 5.41) is 26.1. The van der Waals surface area contributed by atoms with Gasteiger partial charge in [0.1, 0.15) is 0 Å². The van der Waals surface area contributed by atoms with Crippen LogP contribution in [0.5, 0.6) is 0 Å². The van der Waals surface area contributed by atoms with Crippen LogP contribution in [0.2, 0.25) is 0 Å². The number of carboxylic acid groups (broad SMARTS) is 1. The van der Waals surface area contributed by atoms with Gasteiger partial charge in [-0.05, 0) is 70.3 Å². The third-order valence-electron chi connectivity index (χ3n) is 9.31. The van der Waals surface area contributed by atoms with Crippen molar-refractivity contribution in [2.24, 2.45) is 0 Å². The average molecular weight is 722 g/mol. The lowest BCUT2D eigenvalue weighted by Crippen LogP contribution is -2.29. The lowest BCUT2D eigenvalue weighted by molar-refractivity contribution is -0.138. The number of thioether (sulfide) groups is 1. The molecule has 0 saturated carbocycles. The molecule has 0 fully saturated rings. The summed E-state index contributed by atoms with van der Waals surface area (Å²) in [5.74, 6) is 0.0163. The number of nitrogens with one attached hydrogen (secondary N) is 1. The molecule has 6 nitrogen and oxygen atoms in total. The van der Waals surface area contributed by atoms with Crippen molar-refractivity contribution >= 4 is 28.5 Å². The third-order valence-corrected chi connectivity index (χ3v) is 10.9. The number of hydrogen-bond donors (Lipinski definition) is 3. The number of aliphatic carboxylic acids is 1. The molecule has 0 bridgehead atoms. The summed E-state index contributed by atoms with van der Waals surface area (Å²) in [6.07, 6.45) is 4.87. The summed E-state index contributed by atoms with van der Waals surface area (Å²) in [6, 6.07) is 52.3. The number of hydrogen-bond acceptors (Lipinski definition) is 6. The molecule has 0 aliphatic carbocycles. The summed E-state index contributed by atoms with van der Waals surface area (Å²) >= 11 is 1.92. The second-order valence-corrected chi connectivity index (χ2v) is 14.5. The van der Waals surface area contributed by atoms with Crippen LogP contribution in [-0.2, 0) is 29.2 Å². The van der Waals surface area contributed by atoms with Gasteiger partial charge in [-0.2, -0.15) is 0 Å². The zero-order valence-electron chi connectivity index (χ0n) is 29.9. The predicted molar refractivity (Wildman–Crippen MR) is 218 cm³/mol. The summed E-state index contributed by atoms with van der Waals surface area (Å²) < 4.78 is -0.350. The molecule has 1 aromatic heterocycles. The molecule has 5 aromatic carbocycles. The molecule has 53 heavy (non-hydrogen) atoms. The number of nitrogens with zero attached hydrogens (tertiary/aromatic N) is 2. The maximum Gasteiger partial charge on any atom is 0.317 e. The normalized spacial score (nSPS) is 12.4. The van der Waals surface area contributed by atoms with Gasteiger partial charge in [-0.15, -0.1) is 11.8 Å². The second-order valence-electron chi connectivity index (χ2n) is 13.2. The zero-order chi connectivity index (χ0) is 36.7. The van der Waals surface area contributed by atoms with E-state index < -0.39 is 12.1 Å². The Morgan fingerprint density at radius 3 is 1.98 bits per heavy atom. The van der Waals surface area contributed by atoms with Crippen molar-refractivity contribution in [3.05, 3.63) is 197 Å². The molecule has 6 aromatic rings. The van der Waals surface area contributed by atoms with Crippen LogP contribution in [-0.4, -0.2) is 51.0 Å². The molecule has 0 radical (unpaired) electrons. The van der Waals surface area contributed by atoms with Crippen LogP contribution < -0.4 is 5.32 Å². The highest BCUT2D eigenvalue weighted by molar-refractivity contribution is 8.00. The van der Waals surface area contributed by atoms with E-state index in [0.29, 0.717) is 32.6 Å². The van der Waals surface area contributed by atoms with Gasteiger partial charge < -0.3 is 15.5 Å². The Labute approximate surface area is 317 Å². The first-order valence-electron chi connectivity index (χ1n) is 18.2. The van der Waals surface area contributed by atoms with Gasteiger partial charge in [-0.25, -0.2) is 0 Å². The van der Waals surface area contributed by atoms with E-state index in [1.165, 1.54) is 16.7 Å². The van der Waals surface area contributed by atoms with Gasteiger partial charge in [0.15, 0.2) is 0 Å². The minimum atomic E-state index is -0.867. The van der Waals surface area contributed by atoms with E-state index in [4.69, 9.17) is 4.98 Å². The summed E-state index contributed by atoms with van der Waals surface area (Å²) in [5.41, 5.74) is 6.53. The van der Waals surface area contributed by atoms with Crippen molar-refractivity contribution in [3.63, 3.8) is 0 Å². The molecule has 6 rings (SSSR count). The molecule has 0 aliphatic rings. The van der Waals surface area contributed by atoms with Gasteiger partial charge in [-0.3, -0.25) is 14.7 Å². The molecule has 7 heteroatoms. The standard InChI is InChI=1S/C46H47N3O3S/c50-43(27-12-13-31-53-46(38-19-4-1-5-20-38,39-21-6-2-7-22-39)40-23-8-3-9-24-40)29-30-47-32-41-25-15-26-42(48-41)34-49(35-45(51)52)33-37-18-14-17-36-16-10-11-28-44(36)37/h1-12,14-28,43,47,50H,13,29-35H2,(H,51,52)/b27-12+/t43-/m1/s1. The summed E-state index contributed by atoms with van der Waals surface area (Å²) in [6.45, 7) is 2.05. The van der Waals surface area contributed by atoms with Crippen molar-refractivity contribution in [2.75, 3.05) is 18.8 Å². The number of pyridine rings is 1. The first kappa shape index (κ1) is 37.7. The number of rotatable bonds is 19. The maximum atomic E-state index is 11.8. The number of aliphatic hydroxyl groups is 1. The Hall–Kier alpha value is -5.05. The Balaban J connectivity index is 0.995. The number of fused-ring (bicyclic) bond motifs is 1. The molecule has 0 spiro atoms. The minimum Gasteiger partial charge on any atom is -0.480 e. The average Bonchev–Trinajstić information content (AvgIpc) is 3.19. The van der Waals surface area contributed by atoms with Crippen LogP contribution in [0.3, 0.4) is 0 Å². The lowest BCUT2D eigenvalue weighted by atomic mass is 9.84. The van der Waals surface area contributed by atoms with Crippen LogP contribution in [0, 0.1) is 0 Å². The van der Waals surface area contributed by atoms with Gasteiger partial charge in [0, 0.05) is 19.6 Å². The minimum absolute atomic E-state index is 0.0780. The topological polar surface area (TPSA) is 85.7 Å². The SMILES string of the molecule is O=C(O)CN(Cc1cccc(CNCC[C@H](O)/C=C/CCSC(c2ccccc2)(c2ccccc2)c2ccccc2)n1)Cc1cccc2ccccc12. The quantitative estimate of drug-likeness (QED) is 0.0438. The van der Waals surface area contributed by atoms with Crippen LogP contribution in [0.1, 0.15) is 46.5 Å². The first-order chi connectivity index (χ1) is 26.0. The summed E-state index contributed by atoms with van der Waals surface area (Å²) in [4.78, 5) is 18.5. The molecular weight excluding hydrogens is 675 g/mol.